The van der Waals surface area contributed by atoms with Crippen LogP contribution in [-0.4, -0.2) is 25.3 Å². The first-order valence-electron chi connectivity index (χ1n) is 10.6. The van der Waals surface area contributed by atoms with Gasteiger partial charge in [0.25, 0.3) is 0 Å². The fourth-order valence-electron chi connectivity index (χ4n) is 3.46. The molecule has 0 heterocycles. The van der Waals surface area contributed by atoms with E-state index < -0.39 is 0 Å². The van der Waals surface area contributed by atoms with Gasteiger partial charge in [-0.25, -0.2) is 4.79 Å². The maximum absolute atomic E-state index is 12.6. The summed E-state index contributed by atoms with van der Waals surface area (Å²) in [6.07, 6.45) is 10.9. The van der Waals surface area contributed by atoms with Gasteiger partial charge in [-0.05, 0) is 64.0 Å². The summed E-state index contributed by atoms with van der Waals surface area (Å²) >= 11 is 0. The molecule has 0 radical (unpaired) electrons. The second-order valence-corrected chi connectivity index (χ2v) is 7.76. The average Bonchev–Trinajstić information content (AvgIpc) is 2.70. The van der Waals surface area contributed by atoms with Gasteiger partial charge >= 0.3 is 5.97 Å². The lowest BCUT2D eigenvalue weighted by Gasteiger charge is -2.19. The summed E-state index contributed by atoms with van der Waals surface area (Å²) in [6, 6.07) is 1.95. The molecule has 4 heteroatoms. The number of carbonyl (C=O) groups is 1. The molecule has 0 saturated carbocycles. The second kappa shape index (κ2) is 13.2. The monoisotopic (exact) mass is 402 g/mol. The lowest BCUT2D eigenvalue weighted by atomic mass is 9.91. The van der Waals surface area contributed by atoms with Crippen LogP contribution in [0.1, 0.15) is 86.8 Å². The van der Waals surface area contributed by atoms with E-state index in [9.17, 15) is 9.90 Å². The SMILES string of the molecule is CCCCCc1cc(CO)c(C/C=C(/C)CCC=C(C)C)c(OC)c1C(=O)OC. The van der Waals surface area contributed by atoms with E-state index in [0.29, 0.717) is 17.7 Å². The van der Waals surface area contributed by atoms with Crippen LogP contribution in [0.2, 0.25) is 0 Å². The van der Waals surface area contributed by atoms with Crippen LogP contribution in [-0.2, 0) is 24.2 Å². The fraction of sp³-hybridized carbons (Fsp3) is 0.560. The van der Waals surface area contributed by atoms with Crippen molar-refractivity contribution in [2.45, 2.75) is 79.2 Å². The van der Waals surface area contributed by atoms with E-state index >= 15 is 0 Å². The Morgan fingerprint density at radius 1 is 1.10 bits per heavy atom. The molecule has 1 rings (SSSR count). The van der Waals surface area contributed by atoms with Gasteiger partial charge in [0.2, 0.25) is 0 Å². The summed E-state index contributed by atoms with van der Waals surface area (Å²) in [5.41, 5.74) is 5.65. The van der Waals surface area contributed by atoms with Crippen molar-refractivity contribution in [2.24, 2.45) is 0 Å². The molecule has 4 nitrogen and oxygen atoms in total. The summed E-state index contributed by atoms with van der Waals surface area (Å²) < 4.78 is 10.7. The van der Waals surface area contributed by atoms with E-state index in [2.05, 4.69) is 39.8 Å². The lowest BCUT2D eigenvalue weighted by Crippen LogP contribution is -2.12. The Hall–Kier alpha value is -2.07. The van der Waals surface area contributed by atoms with Gasteiger partial charge in [0.15, 0.2) is 0 Å². The standard InChI is InChI=1S/C25H38O4/c1-7-8-9-13-20-16-21(17-26)22(24(28-5)23(20)25(27)29-6)15-14-19(4)12-10-11-18(2)3/h11,14,16,26H,7-10,12-13,15,17H2,1-6H3/b19-14-. The summed E-state index contributed by atoms with van der Waals surface area (Å²) in [5.74, 6) is 0.145. The van der Waals surface area contributed by atoms with E-state index in [1.54, 1.807) is 7.11 Å². The van der Waals surface area contributed by atoms with Gasteiger partial charge in [-0.1, -0.05) is 49.1 Å². The van der Waals surface area contributed by atoms with Crippen molar-refractivity contribution in [1.29, 1.82) is 0 Å². The van der Waals surface area contributed by atoms with Gasteiger partial charge in [-0.3, -0.25) is 0 Å². The van der Waals surface area contributed by atoms with Gasteiger partial charge in [0, 0.05) is 5.56 Å². The number of esters is 1. The highest BCUT2D eigenvalue weighted by atomic mass is 16.5. The highest BCUT2D eigenvalue weighted by molar-refractivity contribution is 5.95. The molecular weight excluding hydrogens is 364 g/mol. The third-order valence-electron chi connectivity index (χ3n) is 5.12. The highest BCUT2D eigenvalue weighted by Gasteiger charge is 2.23. The van der Waals surface area contributed by atoms with Crippen molar-refractivity contribution in [3.05, 3.63) is 51.6 Å². The van der Waals surface area contributed by atoms with Gasteiger partial charge in [0.1, 0.15) is 11.3 Å². The van der Waals surface area contributed by atoms with Crippen LogP contribution in [0.5, 0.6) is 5.75 Å². The minimum atomic E-state index is -0.386. The fourth-order valence-corrected chi connectivity index (χ4v) is 3.46. The van der Waals surface area contributed by atoms with Gasteiger partial charge in [-0.15, -0.1) is 0 Å². The molecule has 0 unspecified atom stereocenters. The van der Waals surface area contributed by atoms with Crippen LogP contribution < -0.4 is 4.74 Å². The molecule has 29 heavy (non-hydrogen) atoms. The Morgan fingerprint density at radius 2 is 1.83 bits per heavy atom. The normalized spacial score (nSPS) is 11.3. The maximum Gasteiger partial charge on any atom is 0.341 e. The topological polar surface area (TPSA) is 55.8 Å². The number of rotatable bonds is 12. The molecule has 0 aliphatic rings. The van der Waals surface area contributed by atoms with Crippen molar-refractivity contribution >= 4 is 5.97 Å². The zero-order valence-corrected chi connectivity index (χ0v) is 19.1. The van der Waals surface area contributed by atoms with Crippen LogP contribution >= 0.6 is 0 Å². The number of carbonyl (C=O) groups excluding carboxylic acids is 1. The van der Waals surface area contributed by atoms with E-state index in [0.717, 1.165) is 55.2 Å². The van der Waals surface area contributed by atoms with Crippen molar-refractivity contribution in [1.82, 2.24) is 0 Å². The van der Waals surface area contributed by atoms with Crippen LogP contribution in [0.3, 0.4) is 0 Å². The zero-order valence-electron chi connectivity index (χ0n) is 19.1. The van der Waals surface area contributed by atoms with Crippen molar-refractivity contribution in [3.8, 4) is 5.75 Å². The quantitative estimate of drug-likeness (QED) is 0.267. The van der Waals surface area contributed by atoms with Gasteiger partial charge in [0.05, 0.1) is 20.8 Å². The largest absolute Gasteiger partial charge is 0.496 e. The Balaban J connectivity index is 3.30. The van der Waals surface area contributed by atoms with Crippen LogP contribution in [0.15, 0.2) is 29.4 Å². The lowest BCUT2D eigenvalue weighted by molar-refractivity contribution is 0.0595. The molecule has 1 aromatic carbocycles. The molecule has 0 bridgehead atoms. The number of benzene rings is 1. The number of aliphatic hydroxyl groups is 1. The number of methoxy groups -OCH3 is 2. The molecule has 0 atom stereocenters. The predicted molar refractivity (Wildman–Crippen MR) is 120 cm³/mol. The van der Waals surface area contributed by atoms with E-state index in [1.807, 2.05) is 6.07 Å². The highest BCUT2D eigenvalue weighted by Crippen LogP contribution is 2.33. The third-order valence-corrected chi connectivity index (χ3v) is 5.12. The van der Waals surface area contributed by atoms with Crippen molar-refractivity contribution < 1.29 is 19.4 Å². The number of unbranched alkanes of at least 4 members (excludes halogenated alkanes) is 2. The Kier molecular flexibility index (Phi) is 11.4. The third kappa shape index (κ3) is 7.69. The summed E-state index contributed by atoms with van der Waals surface area (Å²) in [5, 5.41) is 9.99. The Labute approximate surface area is 176 Å². The number of hydrogen-bond acceptors (Lipinski definition) is 4. The first-order valence-corrected chi connectivity index (χ1v) is 10.6. The molecule has 0 aliphatic carbocycles. The number of allylic oxidation sites excluding steroid dienone is 4. The molecule has 0 aromatic heterocycles. The number of aliphatic hydroxyl groups excluding tert-OH is 1. The first-order chi connectivity index (χ1) is 13.9. The van der Waals surface area contributed by atoms with Crippen LogP contribution in [0.25, 0.3) is 0 Å². The predicted octanol–water partition coefficient (Wildman–Crippen LogP) is 5.94. The minimum absolute atomic E-state index is 0.0847. The molecule has 0 aliphatic heterocycles. The number of hydrogen-bond donors (Lipinski definition) is 1. The zero-order chi connectivity index (χ0) is 21.8. The van der Waals surface area contributed by atoms with Crippen molar-refractivity contribution in [2.75, 3.05) is 14.2 Å². The second-order valence-electron chi connectivity index (χ2n) is 7.76. The Morgan fingerprint density at radius 3 is 2.38 bits per heavy atom. The summed E-state index contributed by atoms with van der Waals surface area (Å²) in [7, 11) is 2.97. The van der Waals surface area contributed by atoms with E-state index in [-0.39, 0.29) is 12.6 Å². The van der Waals surface area contributed by atoms with Crippen LogP contribution in [0.4, 0.5) is 0 Å². The summed E-state index contributed by atoms with van der Waals surface area (Å²) in [6.45, 7) is 8.39. The first kappa shape index (κ1) is 25.0. The van der Waals surface area contributed by atoms with Gasteiger partial charge in [-0.2, -0.15) is 0 Å². The maximum atomic E-state index is 12.6. The van der Waals surface area contributed by atoms with E-state index in [4.69, 9.17) is 9.47 Å². The molecule has 0 spiro atoms. The molecule has 0 amide bonds. The van der Waals surface area contributed by atoms with Crippen LogP contribution in [0, 0.1) is 0 Å². The molecule has 0 saturated heterocycles. The molecule has 0 fully saturated rings. The smallest absolute Gasteiger partial charge is 0.341 e. The molecule has 1 N–H and O–H groups in total. The molecular formula is C25H38O4. The number of ether oxygens (including phenoxy) is 2. The minimum Gasteiger partial charge on any atom is -0.496 e. The molecule has 162 valence electrons. The average molecular weight is 403 g/mol. The van der Waals surface area contributed by atoms with Gasteiger partial charge < -0.3 is 14.6 Å². The Bertz CT molecular complexity index is 725. The summed E-state index contributed by atoms with van der Waals surface area (Å²) in [4.78, 5) is 12.6. The van der Waals surface area contributed by atoms with E-state index in [1.165, 1.54) is 18.3 Å². The van der Waals surface area contributed by atoms with Crippen molar-refractivity contribution in [3.63, 3.8) is 0 Å². The number of aryl methyl sites for hydroxylation is 1. The molecule has 1 aromatic rings.